The number of aromatic nitrogens is 2. The van der Waals surface area contributed by atoms with Crippen molar-refractivity contribution in [3.63, 3.8) is 0 Å². The molecule has 0 fully saturated rings. The molecule has 0 radical (unpaired) electrons. The van der Waals surface area contributed by atoms with Crippen molar-refractivity contribution in [3.8, 4) is 0 Å². The lowest BCUT2D eigenvalue weighted by atomic mass is 10.2. The van der Waals surface area contributed by atoms with Crippen LogP contribution in [0, 0.1) is 12.7 Å². The minimum absolute atomic E-state index is 0.133. The van der Waals surface area contributed by atoms with Crippen LogP contribution in [0.1, 0.15) is 17.0 Å². The Morgan fingerprint density at radius 2 is 2.05 bits per heavy atom. The van der Waals surface area contributed by atoms with E-state index in [1.165, 1.54) is 6.07 Å². The summed E-state index contributed by atoms with van der Waals surface area (Å²) < 4.78 is 14.8. The number of benzene rings is 1. The number of hydrogen-bond donors (Lipinski definition) is 1. The van der Waals surface area contributed by atoms with Crippen LogP contribution in [0.15, 0.2) is 18.2 Å². The predicted octanol–water partition coefficient (Wildman–Crippen LogP) is 3.46. The number of halogens is 3. The van der Waals surface area contributed by atoms with Gasteiger partial charge in [0.15, 0.2) is 0 Å². The second-order valence-corrected chi connectivity index (χ2v) is 5.11. The topological polar surface area (TPSA) is 29.9 Å². The molecular formula is C13H14Cl2FN3. The second-order valence-electron chi connectivity index (χ2n) is 4.32. The highest BCUT2D eigenvalue weighted by molar-refractivity contribution is 6.31. The normalized spacial score (nSPS) is 11.0. The Kier molecular flexibility index (Phi) is 4.45. The molecule has 102 valence electrons. The highest BCUT2D eigenvalue weighted by atomic mass is 35.5. The van der Waals surface area contributed by atoms with Crippen molar-refractivity contribution in [1.82, 2.24) is 15.1 Å². The highest BCUT2D eigenvalue weighted by Crippen LogP contribution is 2.19. The van der Waals surface area contributed by atoms with Crippen molar-refractivity contribution < 1.29 is 4.39 Å². The van der Waals surface area contributed by atoms with E-state index >= 15 is 0 Å². The summed E-state index contributed by atoms with van der Waals surface area (Å²) in [5, 5.41) is 8.28. The maximum Gasteiger partial charge on any atom is 0.141 e. The van der Waals surface area contributed by atoms with Gasteiger partial charge in [-0.15, -0.1) is 0 Å². The summed E-state index contributed by atoms with van der Waals surface area (Å²) in [6, 6.07) is 4.67. The van der Waals surface area contributed by atoms with E-state index in [-0.39, 0.29) is 5.02 Å². The van der Waals surface area contributed by atoms with Crippen LogP contribution in [0.25, 0.3) is 0 Å². The third-order valence-corrected chi connectivity index (χ3v) is 3.65. The summed E-state index contributed by atoms with van der Waals surface area (Å²) in [5.41, 5.74) is 2.65. The fraction of sp³-hybridized carbons (Fsp3) is 0.308. The molecule has 0 aliphatic rings. The van der Waals surface area contributed by atoms with Crippen molar-refractivity contribution in [3.05, 3.63) is 51.0 Å². The van der Waals surface area contributed by atoms with Crippen LogP contribution in [0.4, 0.5) is 4.39 Å². The fourth-order valence-electron chi connectivity index (χ4n) is 1.85. The molecule has 1 aromatic heterocycles. The van der Waals surface area contributed by atoms with Crippen molar-refractivity contribution >= 4 is 23.2 Å². The summed E-state index contributed by atoms with van der Waals surface area (Å²) in [6.45, 7) is 3.04. The first-order chi connectivity index (χ1) is 8.99. The van der Waals surface area contributed by atoms with Gasteiger partial charge >= 0.3 is 0 Å². The van der Waals surface area contributed by atoms with Gasteiger partial charge in [0.25, 0.3) is 0 Å². The van der Waals surface area contributed by atoms with Crippen LogP contribution in [-0.4, -0.2) is 9.78 Å². The quantitative estimate of drug-likeness (QED) is 0.937. The Bertz CT molecular complexity index is 596. The molecule has 2 rings (SSSR count). The van der Waals surface area contributed by atoms with Crippen molar-refractivity contribution in [2.24, 2.45) is 7.05 Å². The molecule has 0 saturated heterocycles. The summed E-state index contributed by atoms with van der Waals surface area (Å²) in [5.74, 6) is -0.407. The maximum absolute atomic E-state index is 13.0. The maximum atomic E-state index is 13.0. The Hall–Kier alpha value is -1.10. The molecule has 0 unspecified atom stereocenters. The minimum atomic E-state index is -0.407. The molecule has 1 aromatic carbocycles. The number of hydrogen-bond acceptors (Lipinski definition) is 2. The minimum Gasteiger partial charge on any atom is -0.307 e. The Balaban J connectivity index is 1.98. The van der Waals surface area contributed by atoms with Crippen LogP contribution < -0.4 is 5.32 Å². The van der Waals surface area contributed by atoms with Gasteiger partial charge in [-0.2, -0.15) is 5.10 Å². The van der Waals surface area contributed by atoms with E-state index in [0.29, 0.717) is 18.1 Å². The van der Waals surface area contributed by atoms with Gasteiger partial charge in [-0.3, -0.25) is 4.68 Å². The SMILES string of the molecule is Cc1nn(C)c(CNCc2ccc(F)c(Cl)c2)c1Cl. The number of rotatable bonds is 4. The summed E-state index contributed by atoms with van der Waals surface area (Å²) in [4.78, 5) is 0. The summed E-state index contributed by atoms with van der Waals surface area (Å²) in [6.07, 6.45) is 0. The first-order valence-corrected chi connectivity index (χ1v) is 6.57. The van der Waals surface area contributed by atoms with Crippen LogP contribution in [0.2, 0.25) is 10.0 Å². The molecule has 0 aliphatic carbocycles. The van der Waals surface area contributed by atoms with Crippen LogP contribution in [-0.2, 0) is 20.1 Å². The van der Waals surface area contributed by atoms with Gasteiger partial charge in [-0.25, -0.2) is 4.39 Å². The average Bonchev–Trinajstić information content (AvgIpc) is 2.60. The fourth-order valence-corrected chi connectivity index (χ4v) is 2.28. The van der Waals surface area contributed by atoms with Gasteiger partial charge in [0.2, 0.25) is 0 Å². The third-order valence-electron chi connectivity index (χ3n) is 2.87. The van der Waals surface area contributed by atoms with Crippen LogP contribution >= 0.6 is 23.2 Å². The second kappa shape index (κ2) is 5.90. The van der Waals surface area contributed by atoms with Gasteiger partial charge in [-0.1, -0.05) is 29.3 Å². The zero-order valence-corrected chi connectivity index (χ0v) is 12.2. The van der Waals surface area contributed by atoms with E-state index in [0.717, 1.165) is 17.0 Å². The molecule has 0 aliphatic heterocycles. The van der Waals surface area contributed by atoms with Gasteiger partial charge in [0.1, 0.15) is 5.82 Å². The van der Waals surface area contributed by atoms with E-state index < -0.39 is 5.82 Å². The molecule has 0 bridgehead atoms. The molecule has 2 aromatic rings. The lowest BCUT2D eigenvalue weighted by Crippen LogP contribution is -2.15. The molecular weight excluding hydrogens is 288 g/mol. The molecule has 1 N–H and O–H groups in total. The molecule has 0 spiro atoms. The van der Waals surface area contributed by atoms with Gasteiger partial charge in [0, 0.05) is 20.1 Å². The smallest absolute Gasteiger partial charge is 0.141 e. The van der Waals surface area contributed by atoms with E-state index in [1.54, 1.807) is 16.8 Å². The Morgan fingerprint density at radius 1 is 1.32 bits per heavy atom. The monoisotopic (exact) mass is 301 g/mol. The molecule has 0 atom stereocenters. The number of aryl methyl sites for hydroxylation is 2. The summed E-state index contributed by atoms with van der Waals surface area (Å²) >= 11 is 11.9. The first kappa shape index (κ1) is 14.3. The van der Waals surface area contributed by atoms with Gasteiger partial charge < -0.3 is 5.32 Å². The highest BCUT2D eigenvalue weighted by Gasteiger charge is 2.10. The van der Waals surface area contributed by atoms with Gasteiger partial charge in [-0.05, 0) is 24.6 Å². The van der Waals surface area contributed by atoms with Crippen LogP contribution in [0.5, 0.6) is 0 Å². The molecule has 19 heavy (non-hydrogen) atoms. The number of nitrogens with zero attached hydrogens (tertiary/aromatic N) is 2. The Morgan fingerprint density at radius 3 is 2.63 bits per heavy atom. The molecule has 0 amide bonds. The third kappa shape index (κ3) is 3.26. The Labute approximate surface area is 121 Å². The van der Waals surface area contributed by atoms with Crippen LogP contribution in [0.3, 0.4) is 0 Å². The lowest BCUT2D eigenvalue weighted by Gasteiger charge is -2.06. The predicted molar refractivity (Wildman–Crippen MR) is 74.9 cm³/mol. The van der Waals surface area contributed by atoms with Gasteiger partial charge in [0.05, 0.1) is 21.4 Å². The molecule has 6 heteroatoms. The van der Waals surface area contributed by atoms with E-state index in [2.05, 4.69) is 10.4 Å². The van der Waals surface area contributed by atoms with E-state index in [1.807, 2.05) is 14.0 Å². The van der Waals surface area contributed by atoms with Crippen molar-refractivity contribution in [2.45, 2.75) is 20.0 Å². The van der Waals surface area contributed by atoms with E-state index in [4.69, 9.17) is 23.2 Å². The first-order valence-electron chi connectivity index (χ1n) is 5.81. The largest absolute Gasteiger partial charge is 0.307 e. The molecule has 1 heterocycles. The standard InChI is InChI=1S/C13H14Cl2FN3/c1-8-13(15)12(19(2)18-8)7-17-6-9-3-4-11(16)10(14)5-9/h3-5,17H,6-7H2,1-2H3. The molecule has 0 saturated carbocycles. The van der Waals surface area contributed by atoms with Crippen molar-refractivity contribution in [1.29, 1.82) is 0 Å². The lowest BCUT2D eigenvalue weighted by molar-refractivity contribution is 0.616. The van der Waals surface area contributed by atoms with Crippen molar-refractivity contribution in [2.75, 3.05) is 0 Å². The zero-order chi connectivity index (χ0) is 14.0. The summed E-state index contributed by atoms with van der Waals surface area (Å²) in [7, 11) is 1.85. The van der Waals surface area contributed by atoms with E-state index in [9.17, 15) is 4.39 Å². The average molecular weight is 302 g/mol. The number of nitrogens with one attached hydrogen (secondary N) is 1. The zero-order valence-electron chi connectivity index (χ0n) is 10.7. The molecule has 3 nitrogen and oxygen atoms in total.